The molecule has 0 radical (unpaired) electrons. The number of rotatable bonds is 1. The van der Waals surface area contributed by atoms with E-state index in [2.05, 4.69) is 36.1 Å². The van der Waals surface area contributed by atoms with Gasteiger partial charge in [0.2, 0.25) is 0 Å². The summed E-state index contributed by atoms with van der Waals surface area (Å²) in [5.74, 6) is 0.833. The van der Waals surface area contributed by atoms with E-state index in [0.29, 0.717) is 6.04 Å². The second kappa shape index (κ2) is 4.43. The lowest BCUT2D eigenvalue weighted by Gasteiger charge is -2.37. The van der Waals surface area contributed by atoms with Crippen molar-refractivity contribution in [2.75, 3.05) is 13.1 Å². The number of benzene rings is 1. The van der Waals surface area contributed by atoms with Crippen LogP contribution in [0.3, 0.4) is 0 Å². The van der Waals surface area contributed by atoms with Crippen LogP contribution in [0.25, 0.3) is 0 Å². The van der Waals surface area contributed by atoms with Gasteiger partial charge in [-0.15, -0.1) is 0 Å². The van der Waals surface area contributed by atoms with Crippen molar-refractivity contribution in [2.45, 2.75) is 38.3 Å². The first-order valence-electron chi connectivity index (χ1n) is 6.83. The van der Waals surface area contributed by atoms with Crippen LogP contribution in [0.4, 0.5) is 0 Å². The quantitative estimate of drug-likeness (QED) is 0.802. The Balaban J connectivity index is 1.79. The van der Waals surface area contributed by atoms with E-state index in [9.17, 15) is 0 Å². The molecule has 17 heavy (non-hydrogen) atoms. The van der Waals surface area contributed by atoms with Gasteiger partial charge in [0.15, 0.2) is 0 Å². The van der Waals surface area contributed by atoms with E-state index >= 15 is 0 Å². The van der Waals surface area contributed by atoms with Crippen LogP contribution in [0.2, 0.25) is 0 Å². The maximum Gasteiger partial charge on any atom is 0.0459 e. The van der Waals surface area contributed by atoms with Gasteiger partial charge in [-0.25, -0.2) is 0 Å². The normalized spacial score (nSPS) is 33.6. The van der Waals surface area contributed by atoms with Gasteiger partial charge in [0.05, 0.1) is 0 Å². The third kappa shape index (κ3) is 2.00. The lowest BCUT2D eigenvalue weighted by Crippen LogP contribution is -2.46. The summed E-state index contributed by atoms with van der Waals surface area (Å²) in [7, 11) is 0. The molecule has 0 aromatic heterocycles. The Morgan fingerprint density at radius 1 is 1.29 bits per heavy atom. The maximum absolute atomic E-state index is 6.43. The third-order valence-corrected chi connectivity index (χ3v) is 4.42. The topological polar surface area (TPSA) is 29.3 Å². The first-order valence-corrected chi connectivity index (χ1v) is 6.83. The van der Waals surface area contributed by atoms with Crippen LogP contribution in [-0.2, 0) is 6.42 Å². The van der Waals surface area contributed by atoms with E-state index in [1.54, 1.807) is 0 Å². The number of fused-ring (bicyclic) bond motifs is 1. The summed E-state index contributed by atoms with van der Waals surface area (Å²) in [6.45, 7) is 4.82. The highest BCUT2D eigenvalue weighted by Gasteiger charge is 2.34. The molecular weight excluding hydrogens is 208 g/mol. The van der Waals surface area contributed by atoms with Crippen LogP contribution in [0.1, 0.15) is 36.9 Å². The molecule has 1 aromatic carbocycles. The molecule has 1 aromatic rings. The third-order valence-electron chi connectivity index (χ3n) is 4.42. The maximum atomic E-state index is 6.43. The predicted molar refractivity (Wildman–Crippen MR) is 70.8 cm³/mol. The van der Waals surface area contributed by atoms with E-state index in [1.165, 1.54) is 37.1 Å². The van der Waals surface area contributed by atoms with Crippen molar-refractivity contribution in [1.82, 2.24) is 4.90 Å². The van der Waals surface area contributed by atoms with Crippen molar-refractivity contribution < 1.29 is 0 Å². The second-order valence-electron chi connectivity index (χ2n) is 5.74. The van der Waals surface area contributed by atoms with Crippen molar-refractivity contribution in [1.29, 1.82) is 0 Å². The molecule has 0 saturated carbocycles. The summed E-state index contributed by atoms with van der Waals surface area (Å²) in [5, 5.41) is 0. The van der Waals surface area contributed by atoms with Gasteiger partial charge >= 0.3 is 0 Å². The van der Waals surface area contributed by atoms with Crippen molar-refractivity contribution >= 4 is 0 Å². The highest BCUT2D eigenvalue weighted by atomic mass is 15.2. The van der Waals surface area contributed by atoms with Crippen LogP contribution in [0.15, 0.2) is 24.3 Å². The molecule has 2 heteroatoms. The van der Waals surface area contributed by atoms with E-state index in [1.807, 2.05) is 0 Å². The van der Waals surface area contributed by atoms with Gasteiger partial charge in [0, 0.05) is 18.6 Å². The van der Waals surface area contributed by atoms with E-state index in [0.717, 1.165) is 12.3 Å². The highest BCUT2D eigenvalue weighted by Crippen LogP contribution is 2.34. The molecular formula is C15H22N2. The van der Waals surface area contributed by atoms with Crippen molar-refractivity contribution in [3.63, 3.8) is 0 Å². The summed E-state index contributed by atoms with van der Waals surface area (Å²) < 4.78 is 0. The summed E-state index contributed by atoms with van der Waals surface area (Å²) in [6, 6.07) is 9.44. The Kier molecular flexibility index (Phi) is 2.93. The number of likely N-dealkylation sites (tertiary alicyclic amines) is 1. The minimum atomic E-state index is 0.219. The van der Waals surface area contributed by atoms with Crippen molar-refractivity contribution in [2.24, 2.45) is 11.7 Å². The molecule has 3 atom stereocenters. The Labute approximate surface area is 104 Å². The fourth-order valence-corrected chi connectivity index (χ4v) is 3.49. The zero-order valence-corrected chi connectivity index (χ0v) is 10.6. The van der Waals surface area contributed by atoms with Gasteiger partial charge in [0.25, 0.3) is 0 Å². The SMILES string of the molecule is CC1CCCN(C2Cc3ccccc3C2N)C1. The molecule has 92 valence electrons. The molecule has 3 unspecified atom stereocenters. The monoisotopic (exact) mass is 230 g/mol. The zero-order chi connectivity index (χ0) is 11.8. The molecule has 0 spiro atoms. The molecule has 1 saturated heterocycles. The Bertz CT molecular complexity index is 402. The lowest BCUT2D eigenvalue weighted by atomic mass is 9.97. The van der Waals surface area contributed by atoms with Gasteiger partial charge < -0.3 is 5.73 Å². The zero-order valence-electron chi connectivity index (χ0n) is 10.6. The minimum absolute atomic E-state index is 0.219. The summed E-state index contributed by atoms with van der Waals surface area (Å²) in [6.07, 6.45) is 3.86. The number of nitrogens with two attached hydrogens (primary N) is 1. The first kappa shape index (κ1) is 11.2. The molecule has 1 aliphatic carbocycles. The van der Waals surface area contributed by atoms with Crippen LogP contribution >= 0.6 is 0 Å². The van der Waals surface area contributed by atoms with Crippen molar-refractivity contribution in [3.05, 3.63) is 35.4 Å². The molecule has 1 aliphatic heterocycles. The van der Waals surface area contributed by atoms with Crippen LogP contribution < -0.4 is 5.73 Å². The van der Waals surface area contributed by atoms with Crippen LogP contribution in [0, 0.1) is 5.92 Å². The average Bonchev–Trinajstić information content (AvgIpc) is 2.68. The first-order chi connectivity index (χ1) is 8.25. The van der Waals surface area contributed by atoms with E-state index in [4.69, 9.17) is 5.73 Å². The van der Waals surface area contributed by atoms with Gasteiger partial charge in [-0.2, -0.15) is 0 Å². The molecule has 0 amide bonds. The molecule has 1 fully saturated rings. The number of hydrogen-bond donors (Lipinski definition) is 1. The van der Waals surface area contributed by atoms with E-state index < -0.39 is 0 Å². The Morgan fingerprint density at radius 2 is 2.12 bits per heavy atom. The van der Waals surface area contributed by atoms with Gasteiger partial charge in [-0.3, -0.25) is 4.90 Å². The number of hydrogen-bond acceptors (Lipinski definition) is 2. The van der Waals surface area contributed by atoms with Gasteiger partial charge in [-0.1, -0.05) is 31.2 Å². The average molecular weight is 230 g/mol. The standard InChI is InChI=1S/C15H22N2/c1-11-5-4-8-17(10-11)14-9-12-6-2-3-7-13(12)15(14)16/h2-3,6-7,11,14-15H,4-5,8-10,16H2,1H3. The van der Waals surface area contributed by atoms with Gasteiger partial charge in [-0.05, 0) is 42.9 Å². The molecule has 2 N–H and O–H groups in total. The van der Waals surface area contributed by atoms with E-state index in [-0.39, 0.29) is 6.04 Å². The largest absolute Gasteiger partial charge is 0.323 e. The summed E-state index contributed by atoms with van der Waals surface area (Å²) in [5.41, 5.74) is 9.26. The lowest BCUT2D eigenvalue weighted by molar-refractivity contribution is 0.119. The second-order valence-corrected chi connectivity index (χ2v) is 5.74. The highest BCUT2D eigenvalue weighted by molar-refractivity contribution is 5.36. The Hall–Kier alpha value is -0.860. The van der Waals surface area contributed by atoms with Crippen LogP contribution in [0.5, 0.6) is 0 Å². The van der Waals surface area contributed by atoms with Gasteiger partial charge in [0.1, 0.15) is 0 Å². The molecule has 2 nitrogen and oxygen atoms in total. The minimum Gasteiger partial charge on any atom is -0.323 e. The molecule has 0 bridgehead atoms. The molecule has 1 heterocycles. The van der Waals surface area contributed by atoms with Crippen LogP contribution in [-0.4, -0.2) is 24.0 Å². The predicted octanol–water partition coefficient (Wildman–Crippen LogP) is 2.34. The smallest absolute Gasteiger partial charge is 0.0459 e. The summed E-state index contributed by atoms with van der Waals surface area (Å²) >= 11 is 0. The molecule has 3 rings (SSSR count). The fourth-order valence-electron chi connectivity index (χ4n) is 3.49. The Morgan fingerprint density at radius 3 is 2.88 bits per heavy atom. The van der Waals surface area contributed by atoms with Crippen molar-refractivity contribution in [3.8, 4) is 0 Å². The number of piperidine rings is 1. The summed E-state index contributed by atoms with van der Waals surface area (Å²) in [4.78, 5) is 2.62. The molecule has 2 aliphatic rings. The number of nitrogens with zero attached hydrogens (tertiary/aromatic N) is 1. The fraction of sp³-hybridized carbons (Fsp3) is 0.600.